The van der Waals surface area contributed by atoms with Gasteiger partial charge in [-0.25, -0.2) is 0 Å². The monoisotopic (exact) mass is 375 g/mol. The van der Waals surface area contributed by atoms with Crippen molar-refractivity contribution >= 4 is 40.8 Å². The Morgan fingerprint density at radius 1 is 1.28 bits per heavy atom. The number of benzene rings is 2. The summed E-state index contributed by atoms with van der Waals surface area (Å²) in [4.78, 5) is 11.5. The zero-order chi connectivity index (χ0) is 18.1. The van der Waals surface area contributed by atoms with Crippen molar-refractivity contribution in [1.82, 2.24) is 9.13 Å². The van der Waals surface area contributed by atoms with Crippen molar-refractivity contribution in [2.24, 2.45) is 12.8 Å². The Morgan fingerprint density at radius 2 is 1.96 bits per heavy atom. The summed E-state index contributed by atoms with van der Waals surface area (Å²) in [5, 5.41) is 0.640. The molecule has 3 aromatic rings. The summed E-state index contributed by atoms with van der Waals surface area (Å²) in [5.41, 5.74) is 9.50. The molecule has 130 valence electrons. The van der Waals surface area contributed by atoms with Crippen molar-refractivity contribution in [3.63, 3.8) is 0 Å². The van der Waals surface area contributed by atoms with E-state index in [2.05, 4.69) is 4.74 Å². The number of methoxy groups -OCH3 is 1. The summed E-state index contributed by atoms with van der Waals surface area (Å²) in [7, 11) is 3.25. The fourth-order valence-corrected chi connectivity index (χ4v) is 3.40. The summed E-state index contributed by atoms with van der Waals surface area (Å²) in [6.07, 6.45) is 0.411. The molecule has 25 heavy (non-hydrogen) atoms. The number of carbonyl (C=O) groups is 1. The third kappa shape index (κ3) is 3.20. The van der Waals surface area contributed by atoms with Crippen molar-refractivity contribution in [3.05, 3.63) is 57.8 Å². The minimum absolute atomic E-state index is 0.411. The second kappa shape index (κ2) is 7.00. The van der Waals surface area contributed by atoms with E-state index in [-0.39, 0.29) is 0 Å². The first-order valence-corrected chi connectivity index (χ1v) is 8.51. The lowest BCUT2D eigenvalue weighted by Crippen LogP contribution is -2.33. The summed E-state index contributed by atoms with van der Waals surface area (Å²) >= 11 is 12.0. The molecule has 1 atom stereocenters. The third-order valence-corrected chi connectivity index (χ3v) is 4.94. The topological polar surface area (TPSA) is 62.2 Å². The molecule has 1 aromatic heterocycles. The van der Waals surface area contributed by atoms with Crippen molar-refractivity contribution < 1.29 is 9.53 Å². The standard InChI is InChI=1S/C18H18ClN3O2S/c1-21-15-5-3-4-13(19)16(15)22(18(21)25)12-8-6-11(7-9-12)10-14(20)17(23)24-2/h3-9,14H,10,20H2,1-2H3/t14-/m0/s1. The molecule has 5 nitrogen and oxygen atoms in total. The Balaban J connectivity index is 2.01. The number of aryl methyl sites for hydroxylation is 1. The van der Waals surface area contributed by atoms with Crippen LogP contribution in [0.25, 0.3) is 16.7 Å². The van der Waals surface area contributed by atoms with Gasteiger partial charge in [0, 0.05) is 12.7 Å². The van der Waals surface area contributed by atoms with Gasteiger partial charge >= 0.3 is 5.97 Å². The fraction of sp³-hybridized carbons (Fsp3) is 0.222. The predicted octanol–water partition coefficient (Wildman–Crippen LogP) is 3.39. The molecular formula is C18H18ClN3O2S. The van der Waals surface area contributed by atoms with Gasteiger partial charge in [-0.15, -0.1) is 0 Å². The SMILES string of the molecule is COC(=O)[C@@H](N)Cc1ccc(-n2c(=S)n(C)c3cccc(Cl)c32)cc1. The summed E-state index contributed by atoms with van der Waals surface area (Å²) in [6.45, 7) is 0. The van der Waals surface area contributed by atoms with Crippen molar-refractivity contribution in [3.8, 4) is 5.69 Å². The second-order valence-electron chi connectivity index (χ2n) is 5.78. The largest absolute Gasteiger partial charge is 0.468 e. The molecule has 0 aliphatic heterocycles. The number of para-hydroxylation sites is 1. The smallest absolute Gasteiger partial charge is 0.322 e. The average Bonchev–Trinajstić information content (AvgIpc) is 2.88. The number of imidazole rings is 1. The van der Waals surface area contributed by atoms with Crippen LogP contribution in [0.4, 0.5) is 0 Å². The van der Waals surface area contributed by atoms with Crippen LogP contribution in [0, 0.1) is 4.77 Å². The van der Waals surface area contributed by atoms with Crippen LogP contribution in [0.1, 0.15) is 5.56 Å². The molecule has 0 spiro atoms. The number of halogens is 1. The Hall–Kier alpha value is -2.15. The lowest BCUT2D eigenvalue weighted by molar-refractivity contribution is -0.142. The molecule has 0 amide bonds. The fourth-order valence-electron chi connectivity index (χ4n) is 2.85. The van der Waals surface area contributed by atoms with Crippen LogP contribution in [-0.4, -0.2) is 28.3 Å². The van der Waals surface area contributed by atoms with E-state index in [1.54, 1.807) is 0 Å². The number of nitrogens with two attached hydrogens (primary N) is 1. The van der Waals surface area contributed by atoms with Gasteiger partial charge in [-0.05, 0) is 48.5 Å². The van der Waals surface area contributed by atoms with Crippen LogP contribution < -0.4 is 5.73 Å². The molecule has 0 saturated carbocycles. The molecule has 3 rings (SSSR count). The number of esters is 1. The summed E-state index contributed by atoms with van der Waals surface area (Å²) in [5.74, 6) is -0.424. The number of aromatic nitrogens is 2. The highest BCUT2D eigenvalue weighted by atomic mass is 35.5. The van der Waals surface area contributed by atoms with E-state index in [0.29, 0.717) is 16.2 Å². The second-order valence-corrected chi connectivity index (χ2v) is 6.56. The first kappa shape index (κ1) is 17.7. The minimum atomic E-state index is -0.676. The van der Waals surface area contributed by atoms with E-state index < -0.39 is 12.0 Å². The van der Waals surface area contributed by atoms with Gasteiger partial charge in [0.1, 0.15) is 6.04 Å². The van der Waals surface area contributed by atoms with Crippen LogP contribution >= 0.6 is 23.8 Å². The van der Waals surface area contributed by atoms with E-state index in [1.165, 1.54) is 7.11 Å². The van der Waals surface area contributed by atoms with Crippen molar-refractivity contribution in [2.45, 2.75) is 12.5 Å². The van der Waals surface area contributed by atoms with Gasteiger partial charge < -0.3 is 15.0 Å². The van der Waals surface area contributed by atoms with Crippen LogP contribution in [0.2, 0.25) is 5.02 Å². The molecule has 0 aliphatic carbocycles. The van der Waals surface area contributed by atoms with Crippen LogP contribution in [0.5, 0.6) is 0 Å². The molecule has 0 bridgehead atoms. The van der Waals surface area contributed by atoms with Gasteiger partial charge in [-0.2, -0.15) is 0 Å². The minimum Gasteiger partial charge on any atom is -0.468 e. The lowest BCUT2D eigenvalue weighted by Gasteiger charge is -2.10. The normalized spacial score (nSPS) is 12.3. The molecule has 2 N–H and O–H groups in total. The van der Waals surface area contributed by atoms with Gasteiger partial charge in [0.2, 0.25) is 0 Å². The van der Waals surface area contributed by atoms with E-state index >= 15 is 0 Å². The molecule has 7 heteroatoms. The molecule has 0 aliphatic rings. The average molecular weight is 376 g/mol. The quantitative estimate of drug-likeness (QED) is 0.560. The molecule has 0 radical (unpaired) electrons. The van der Waals surface area contributed by atoms with E-state index in [9.17, 15) is 4.79 Å². The number of nitrogens with zero attached hydrogens (tertiary/aromatic N) is 2. The first-order valence-electron chi connectivity index (χ1n) is 7.72. The maximum Gasteiger partial charge on any atom is 0.322 e. The van der Waals surface area contributed by atoms with Crippen molar-refractivity contribution in [2.75, 3.05) is 7.11 Å². The van der Waals surface area contributed by atoms with E-state index in [0.717, 1.165) is 22.3 Å². The third-order valence-electron chi connectivity index (χ3n) is 4.18. The highest BCUT2D eigenvalue weighted by Crippen LogP contribution is 2.28. The highest BCUT2D eigenvalue weighted by Gasteiger charge is 2.15. The lowest BCUT2D eigenvalue weighted by atomic mass is 10.1. The number of hydrogen-bond acceptors (Lipinski definition) is 4. The summed E-state index contributed by atoms with van der Waals surface area (Å²) in [6, 6.07) is 12.8. The van der Waals surface area contributed by atoms with Gasteiger partial charge in [0.25, 0.3) is 0 Å². The van der Waals surface area contributed by atoms with Crippen LogP contribution in [-0.2, 0) is 23.0 Å². The zero-order valence-corrected chi connectivity index (χ0v) is 15.5. The van der Waals surface area contributed by atoms with Crippen molar-refractivity contribution in [1.29, 1.82) is 0 Å². The first-order chi connectivity index (χ1) is 11.9. The van der Waals surface area contributed by atoms with Crippen LogP contribution in [0.15, 0.2) is 42.5 Å². The number of ether oxygens (including phenoxy) is 1. The summed E-state index contributed by atoms with van der Waals surface area (Å²) < 4.78 is 9.18. The highest BCUT2D eigenvalue weighted by molar-refractivity contribution is 7.71. The molecule has 0 saturated heterocycles. The molecule has 2 aromatic carbocycles. The zero-order valence-electron chi connectivity index (χ0n) is 13.9. The maximum absolute atomic E-state index is 11.5. The Morgan fingerprint density at radius 3 is 2.60 bits per heavy atom. The Kier molecular flexibility index (Phi) is 4.94. The molecule has 0 fully saturated rings. The number of fused-ring (bicyclic) bond motifs is 1. The van der Waals surface area contributed by atoms with Crippen LogP contribution in [0.3, 0.4) is 0 Å². The number of rotatable bonds is 4. The van der Waals surface area contributed by atoms with E-state index in [1.807, 2.05) is 58.6 Å². The maximum atomic E-state index is 11.5. The molecule has 1 heterocycles. The van der Waals surface area contributed by atoms with Gasteiger partial charge in [0.05, 0.1) is 23.2 Å². The molecular weight excluding hydrogens is 358 g/mol. The van der Waals surface area contributed by atoms with Gasteiger partial charge in [0.15, 0.2) is 4.77 Å². The number of carbonyl (C=O) groups excluding carboxylic acids is 1. The molecule has 0 unspecified atom stereocenters. The van der Waals surface area contributed by atoms with Gasteiger partial charge in [-0.1, -0.05) is 29.8 Å². The predicted molar refractivity (Wildman–Crippen MR) is 102 cm³/mol. The Bertz CT molecular complexity index is 992. The Labute approximate surface area is 155 Å². The number of hydrogen-bond donors (Lipinski definition) is 1. The van der Waals surface area contributed by atoms with Gasteiger partial charge in [-0.3, -0.25) is 9.36 Å². The van der Waals surface area contributed by atoms with E-state index in [4.69, 9.17) is 29.6 Å².